The van der Waals surface area contributed by atoms with Gasteiger partial charge in [0.1, 0.15) is 0 Å². The first kappa shape index (κ1) is 13.8. The van der Waals surface area contributed by atoms with Crippen LogP contribution in [-0.2, 0) is 4.79 Å². The van der Waals surface area contributed by atoms with E-state index in [1.807, 2.05) is 13.8 Å². The van der Waals surface area contributed by atoms with Gasteiger partial charge in [0.05, 0.1) is 6.04 Å². The summed E-state index contributed by atoms with van der Waals surface area (Å²) >= 11 is 1.79. The number of rotatable bonds is 7. The molecule has 0 radical (unpaired) electrons. The maximum atomic E-state index is 11.5. The predicted molar refractivity (Wildman–Crippen MR) is 63.5 cm³/mol. The van der Waals surface area contributed by atoms with Crippen molar-refractivity contribution in [2.75, 3.05) is 12.0 Å². The lowest BCUT2D eigenvalue weighted by atomic mass is 10.1. The van der Waals surface area contributed by atoms with Gasteiger partial charge in [-0.1, -0.05) is 13.3 Å². The second-order valence-corrected chi connectivity index (χ2v) is 4.57. The molecule has 3 nitrogen and oxygen atoms in total. The summed E-state index contributed by atoms with van der Waals surface area (Å²) < 4.78 is 0. The molecule has 2 atom stereocenters. The fourth-order valence-electron chi connectivity index (χ4n) is 1.16. The van der Waals surface area contributed by atoms with Gasteiger partial charge in [0, 0.05) is 6.04 Å². The Morgan fingerprint density at radius 3 is 2.64 bits per heavy atom. The van der Waals surface area contributed by atoms with E-state index in [4.69, 9.17) is 5.73 Å². The zero-order valence-corrected chi connectivity index (χ0v) is 10.2. The van der Waals surface area contributed by atoms with Crippen molar-refractivity contribution in [3.63, 3.8) is 0 Å². The van der Waals surface area contributed by atoms with Crippen LogP contribution in [0.4, 0.5) is 0 Å². The largest absolute Gasteiger partial charge is 0.352 e. The van der Waals surface area contributed by atoms with Crippen molar-refractivity contribution >= 4 is 17.7 Å². The second kappa shape index (κ2) is 8.12. The zero-order chi connectivity index (χ0) is 11.0. The second-order valence-electron chi connectivity index (χ2n) is 3.59. The lowest BCUT2D eigenvalue weighted by molar-refractivity contribution is -0.123. The predicted octanol–water partition coefficient (Wildman–Crippen LogP) is 1.37. The molecule has 0 rings (SSSR count). The summed E-state index contributed by atoms with van der Waals surface area (Å²) in [4.78, 5) is 11.5. The van der Waals surface area contributed by atoms with E-state index in [9.17, 15) is 4.79 Å². The van der Waals surface area contributed by atoms with Crippen molar-refractivity contribution in [2.45, 2.75) is 45.2 Å². The Kier molecular flexibility index (Phi) is 7.99. The Bertz CT molecular complexity index is 164. The molecule has 0 aliphatic carbocycles. The Hall–Kier alpha value is -0.220. The van der Waals surface area contributed by atoms with Crippen LogP contribution >= 0.6 is 11.8 Å². The lowest BCUT2D eigenvalue weighted by Crippen LogP contribution is -2.44. The van der Waals surface area contributed by atoms with Crippen LogP contribution in [-0.4, -0.2) is 30.0 Å². The maximum absolute atomic E-state index is 11.5. The molecule has 4 heteroatoms. The molecular weight excluding hydrogens is 196 g/mol. The SMILES string of the molecule is CCCC(N)C(=O)NC(C)CCSC. The highest BCUT2D eigenvalue weighted by atomic mass is 32.2. The maximum Gasteiger partial charge on any atom is 0.237 e. The van der Waals surface area contributed by atoms with Gasteiger partial charge in [0.2, 0.25) is 5.91 Å². The van der Waals surface area contributed by atoms with Crippen LogP contribution in [0.15, 0.2) is 0 Å². The van der Waals surface area contributed by atoms with E-state index in [0.29, 0.717) is 0 Å². The minimum atomic E-state index is -0.336. The van der Waals surface area contributed by atoms with E-state index in [0.717, 1.165) is 25.0 Å². The molecular formula is C10H22N2OS. The van der Waals surface area contributed by atoms with Crippen molar-refractivity contribution in [2.24, 2.45) is 5.73 Å². The number of amides is 1. The van der Waals surface area contributed by atoms with E-state index in [1.54, 1.807) is 11.8 Å². The summed E-state index contributed by atoms with van der Waals surface area (Å²) in [5.74, 6) is 1.06. The molecule has 14 heavy (non-hydrogen) atoms. The molecule has 0 fully saturated rings. The molecule has 3 N–H and O–H groups in total. The van der Waals surface area contributed by atoms with Gasteiger partial charge in [-0.25, -0.2) is 0 Å². The Morgan fingerprint density at radius 2 is 2.14 bits per heavy atom. The Morgan fingerprint density at radius 1 is 1.50 bits per heavy atom. The van der Waals surface area contributed by atoms with Crippen LogP contribution in [0.25, 0.3) is 0 Å². The standard InChI is InChI=1S/C10H22N2OS/c1-4-5-9(11)10(13)12-8(2)6-7-14-3/h8-9H,4-7,11H2,1-3H3,(H,12,13). The number of nitrogens with two attached hydrogens (primary N) is 1. The normalized spacial score (nSPS) is 14.9. The average Bonchev–Trinajstić information content (AvgIpc) is 2.15. The molecule has 0 aromatic heterocycles. The smallest absolute Gasteiger partial charge is 0.237 e. The van der Waals surface area contributed by atoms with E-state index in [2.05, 4.69) is 11.6 Å². The lowest BCUT2D eigenvalue weighted by Gasteiger charge is -2.16. The molecule has 0 heterocycles. The van der Waals surface area contributed by atoms with E-state index in [-0.39, 0.29) is 18.0 Å². The molecule has 0 saturated heterocycles. The fraction of sp³-hybridized carbons (Fsp3) is 0.900. The van der Waals surface area contributed by atoms with Crippen LogP contribution in [0.1, 0.15) is 33.1 Å². The van der Waals surface area contributed by atoms with Crippen molar-refractivity contribution in [1.29, 1.82) is 0 Å². The molecule has 0 aliphatic rings. The van der Waals surface area contributed by atoms with Crippen molar-refractivity contribution < 1.29 is 4.79 Å². The average molecular weight is 218 g/mol. The highest BCUT2D eigenvalue weighted by molar-refractivity contribution is 7.98. The van der Waals surface area contributed by atoms with Gasteiger partial charge in [0.15, 0.2) is 0 Å². The third kappa shape index (κ3) is 6.27. The fourth-order valence-corrected chi connectivity index (χ4v) is 1.75. The molecule has 84 valence electrons. The molecule has 2 unspecified atom stereocenters. The van der Waals surface area contributed by atoms with Crippen LogP contribution in [0.2, 0.25) is 0 Å². The molecule has 1 amide bonds. The molecule has 0 aromatic carbocycles. The third-order valence-corrected chi connectivity index (χ3v) is 2.72. The van der Waals surface area contributed by atoms with Crippen molar-refractivity contribution in [3.05, 3.63) is 0 Å². The minimum absolute atomic E-state index is 0.0135. The van der Waals surface area contributed by atoms with Crippen LogP contribution in [0, 0.1) is 0 Å². The van der Waals surface area contributed by atoms with Crippen LogP contribution in [0.5, 0.6) is 0 Å². The summed E-state index contributed by atoms with van der Waals surface area (Å²) in [6, 6.07) is -0.102. The van der Waals surface area contributed by atoms with Gasteiger partial charge in [-0.2, -0.15) is 11.8 Å². The first-order valence-electron chi connectivity index (χ1n) is 5.16. The van der Waals surface area contributed by atoms with Crippen molar-refractivity contribution in [1.82, 2.24) is 5.32 Å². The number of nitrogens with one attached hydrogen (secondary N) is 1. The number of carbonyl (C=O) groups is 1. The van der Waals surface area contributed by atoms with Gasteiger partial charge >= 0.3 is 0 Å². The molecule has 0 saturated carbocycles. The number of hydrogen-bond donors (Lipinski definition) is 2. The molecule has 0 aliphatic heterocycles. The van der Waals surface area contributed by atoms with Crippen molar-refractivity contribution in [3.8, 4) is 0 Å². The highest BCUT2D eigenvalue weighted by Gasteiger charge is 2.13. The summed E-state index contributed by atoms with van der Waals surface area (Å²) in [6.07, 6.45) is 4.79. The Labute approximate surface area is 91.2 Å². The van der Waals surface area contributed by atoms with E-state index >= 15 is 0 Å². The zero-order valence-electron chi connectivity index (χ0n) is 9.38. The van der Waals surface area contributed by atoms with Gasteiger partial charge < -0.3 is 11.1 Å². The number of hydrogen-bond acceptors (Lipinski definition) is 3. The molecule has 0 bridgehead atoms. The van der Waals surface area contributed by atoms with Gasteiger partial charge in [-0.05, 0) is 31.8 Å². The van der Waals surface area contributed by atoms with E-state index in [1.165, 1.54) is 0 Å². The summed E-state index contributed by atoms with van der Waals surface area (Å²) in [5.41, 5.74) is 5.69. The minimum Gasteiger partial charge on any atom is -0.352 e. The topological polar surface area (TPSA) is 55.1 Å². The van der Waals surface area contributed by atoms with Gasteiger partial charge in [-0.15, -0.1) is 0 Å². The molecule has 0 spiro atoms. The number of carbonyl (C=O) groups excluding carboxylic acids is 1. The van der Waals surface area contributed by atoms with Gasteiger partial charge in [0.25, 0.3) is 0 Å². The number of thioether (sulfide) groups is 1. The van der Waals surface area contributed by atoms with Gasteiger partial charge in [-0.3, -0.25) is 4.79 Å². The first-order chi connectivity index (χ1) is 6.61. The van der Waals surface area contributed by atoms with E-state index < -0.39 is 0 Å². The highest BCUT2D eigenvalue weighted by Crippen LogP contribution is 2.01. The summed E-state index contributed by atoms with van der Waals surface area (Å²) in [5, 5.41) is 2.92. The monoisotopic (exact) mass is 218 g/mol. The van der Waals surface area contributed by atoms with Crippen LogP contribution < -0.4 is 11.1 Å². The van der Waals surface area contributed by atoms with Crippen LogP contribution in [0.3, 0.4) is 0 Å². The third-order valence-electron chi connectivity index (χ3n) is 2.08. The summed E-state index contributed by atoms with van der Waals surface area (Å²) in [6.45, 7) is 4.05. The Balaban J connectivity index is 3.69. The first-order valence-corrected chi connectivity index (χ1v) is 6.56. The summed E-state index contributed by atoms with van der Waals surface area (Å²) in [7, 11) is 0. The quantitative estimate of drug-likeness (QED) is 0.678. The molecule has 0 aromatic rings.